The first-order valence-corrected chi connectivity index (χ1v) is 5.74. The van der Waals surface area contributed by atoms with Crippen LogP contribution in [-0.4, -0.2) is 5.78 Å². The van der Waals surface area contributed by atoms with Gasteiger partial charge in [-0.3, -0.25) is 4.79 Å². The Morgan fingerprint density at radius 1 is 0.882 bits per heavy atom. The molecule has 0 N–H and O–H groups in total. The molecule has 0 amide bonds. The maximum Gasteiger partial charge on any atom is 0.193 e. The Hall–Kier alpha value is -2.15. The Labute approximate surface area is 100 Å². The van der Waals surface area contributed by atoms with E-state index in [1.54, 1.807) is 0 Å². The van der Waals surface area contributed by atoms with Crippen LogP contribution in [-0.2, 0) is 4.79 Å². The number of rotatable bonds is 1. The predicted molar refractivity (Wildman–Crippen MR) is 69.3 cm³/mol. The van der Waals surface area contributed by atoms with Crippen molar-refractivity contribution in [3.05, 3.63) is 77.4 Å². The van der Waals surface area contributed by atoms with E-state index in [0.29, 0.717) is 0 Å². The van der Waals surface area contributed by atoms with E-state index in [2.05, 4.69) is 12.2 Å². The molecule has 2 aliphatic carbocycles. The normalized spacial score (nSPS) is 18.1. The summed E-state index contributed by atoms with van der Waals surface area (Å²) in [6, 6.07) is 9.82. The summed E-state index contributed by atoms with van der Waals surface area (Å²) in [5.41, 5.74) is 3.74. The largest absolute Gasteiger partial charge is 0.289 e. The van der Waals surface area contributed by atoms with Gasteiger partial charge in [-0.1, -0.05) is 60.7 Å². The van der Waals surface area contributed by atoms with Gasteiger partial charge in [0.2, 0.25) is 0 Å². The van der Waals surface area contributed by atoms with Crippen LogP contribution in [0.25, 0.3) is 5.57 Å². The summed E-state index contributed by atoms with van der Waals surface area (Å²) in [6.07, 6.45) is 10.8. The van der Waals surface area contributed by atoms with Crippen molar-refractivity contribution in [1.29, 1.82) is 0 Å². The number of Topliss-reactive ketones (excluding diaryl/α,β-unsaturated/α-hetero) is 1. The van der Waals surface area contributed by atoms with Crippen molar-refractivity contribution in [2.45, 2.75) is 6.42 Å². The highest BCUT2D eigenvalue weighted by Gasteiger charge is 2.22. The lowest BCUT2D eigenvalue weighted by Crippen LogP contribution is -2.12. The van der Waals surface area contributed by atoms with Crippen LogP contribution < -0.4 is 0 Å². The summed E-state index contributed by atoms with van der Waals surface area (Å²) >= 11 is 0. The Balaban J connectivity index is 2.07. The fraction of sp³-hybridized carbons (Fsp3) is 0.0625. The predicted octanol–water partition coefficient (Wildman–Crippen LogP) is 3.47. The van der Waals surface area contributed by atoms with E-state index in [-0.39, 0.29) is 5.78 Å². The minimum Gasteiger partial charge on any atom is -0.289 e. The molecule has 1 nitrogen and oxygen atoms in total. The highest BCUT2D eigenvalue weighted by atomic mass is 16.1. The van der Waals surface area contributed by atoms with Crippen molar-refractivity contribution < 1.29 is 4.79 Å². The highest BCUT2D eigenvalue weighted by molar-refractivity contribution is 6.31. The summed E-state index contributed by atoms with van der Waals surface area (Å²) < 4.78 is 0. The van der Waals surface area contributed by atoms with Crippen LogP contribution in [0.2, 0.25) is 0 Å². The number of ketones is 1. The molecule has 17 heavy (non-hydrogen) atoms. The maximum absolute atomic E-state index is 12.3. The first-order valence-electron chi connectivity index (χ1n) is 5.74. The van der Waals surface area contributed by atoms with Gasteiger partial charge in [-0.25, -0.2) is 0 Å². The molecular formula is C16H12O. The third kappa shape index (κ3) is 1.70. The minimum atomic E-state index is 0.137. The number of allylic oxidation sites excluding steroid dienone is 8. The van der Waals surface area contributed by atoms with E-state index < -0.39 is 0 Å². The summed E-state index contributed by atoms with van der Waals surface area (Å²) in [7, 11) is 0. The van der Waals surface area contributed by atoms with Gasteiger partial charge in [0.25, 0.3) is 0 Å². The lowest BCUT2D eigenvalue weighted by molar-refractivity contribution is -0.110. The first-order chi connectivity index (χ1) is 8.36. The number of benzene rings is 1. The van der Waals surface area contributed by atoms with Crippen molar-refractivity contribution in [3.8, 4) is 0 Å². The number of hydrogen-bond acceptors (Lipinski definition) is 1. The van der Waals surface area contributed by atoms with Crippen LogP contribution in [0.5, 0.6) is 0 Å². The standard InChI is InChI=1S/C16H12O/c17-16-14-9-5-4-8-13(14)10-11-15(16)12-6-2-1-3-7-12/h1-7,9-11H,8H2. The molecule has 0 fully saturated rings. The topological polar surface area (TPSA) is 17.1 Å². The monoisotopic (exact) mass is 220 g/mol. The van der Waals surface area contributed by atoms with Gasteiger partial charge in [-0.2, -0.15) is 0 Å². The molecule has 0 saturated carbocycles. The van der Waals surface area contributed by atoms with Crippen molar-refractivity contribution in [3.63, 3.8) is 0 Å². The molecule has 0 unspecified atom stereocenters. The van der Waals surface area contributed by atoms with E-state index in [1.807, 2.05) is 48.6 Å². The molecule has 0 saturated heterocycles. The van der Waals surface area contributed by atoms with Crippen LogP contribution in [0.1, 0.15) is 12.0 Å². The van der Waals surface area contributed by atoms with Crippen LogP contribution in [0, 0.1) is 0 Å². The van der Waals surface area contributed by atoms with E-state index >= 15 is 0 Å². The lowest BCUT2D eigenvalue weighted by atomic mass is 9.84. The third-order valence-electron chi connectivity index (χ3n) is 3.11. The van der Waals surface area contributed by atoms with E-state index in [4.69, 9.17) is 0 Å². The number of fused-ring (bicyclic) bond motifs is 1. The van der Waals surface area contributed by atoms with E-state index in [9.17, 15) is 4.79 Å². The number of hydrogen-bond donors (Lipinski definition) is 0. The molecule has 0 atom stereocenters. The fourth-order valence-corrected chi connectivity index (χ4v) is 2.21. The zero-order valence-corrected chi connectivity index (χ0v) is 9.39. The molecular weight excluding hydrogens is 208 g/mol. The molecule has 0 radical (unpaired) electrons. The van der Waals surface area contributed by atoms with Gasteiger partial charge in [0.05, 0.1) is 0 Å². The average Bonchev–Trinajstić information content (AvgIpc) is 2.40. The Kier molecular flexibility index (Phi) is 2.37. The third-order valence-corrected chi connectivity index (χ3v) is 3.11. The summed E-state index contributed by atoms with van der Waals surface area (Å²) in [5.74, 6) is 0.137. The van der Waals surface area contributed by atoms with Gasteiger partial charge in [0.15, 0.2) is 5.78 Å². The zero-order chi connectivity index (χ0) is 11.7. The minimum absolute atomic E-state index is 0.137. The SMILES string of the molecule is O=C1C2=CC=CCC2=CC=C1c1ccccc1. The highest BCUT2D eigenvalue weighted by Crippen LogP contribution is 2.31. The molecule has 1 aromatic carbocycles. The molecule has 2 aliphatic rings. The molecule has 0 spiro atoms. The van der Waals surface area contributed by atoms with Gasteiger partial charge in [-0.15, -0.1) is 0 Å². The molecule has 1 aromatic rings. The summed E-state index contributed by atoms with van der Waals surface area (Å²) in [5, 5.41) is 0. The Morgan fingerprint density at radius 3 is 2.53 bits per heavy atom. The first kappa shape index (κ1) is 10.0. The number of carbonyl (C=O) groups is 1. The van der Waals surface area contributed by atoms with Crippen LogP contribution >= 0.6 is 0 Å². The van der Waals surface area contributed by atoms with Crippen molar-refractivity contribution >= 4 is 11.4 Å². The molecule has 1 heteroatoms. The fourth-order valence-electron chi connectivity index (χ4n) is 2.21. The average molecular weight is 220 g/mol. The second kappa shape index (κ2) is 4.02. The van der Waals surface area contributed by atoms with Crippen molar-refractivity contribution in [2.75, 3.05) is 0 Å². The molecule has 0 bridgehead atoms. The smallest absolute Gasteiger partial charge is 0.193 e. The lowest BCUT2D eigenvalue weighted by Gasteiger charge is -2.18. The summed E-state index contributed by atoms with van der Waals surface area (Å²) in [6.45, 7) is 0. The molecule has 0 heterocycles. The van der Waals surface area contributed by atoms with E-state index in [0.717, 1.165) is 28.7 Å². The van der Waals surface area contributed by atoms with Crippen LogP contribution in [0.15, 0.2) is 71.9 Å². The number of carbonyl (C=O) groups excluding carboxylic acids is 1. The van der Waals surface area contributed by atoms with Gasteiger partial charge in [0.1, 0.15) is 0 Å². The van der Waals surface area contributed by atoms with E-state index in [1.165, 1.54) is 0 Å². The second-order valence-corrected chi connectivity index (χ2v) is 4.18. The zero-order valence-electron chi connectivity index (χ0n) is 9.39. The van der Waals surface area contributed by atoms with Gasteiger partial charge in [-0.05, 0) is 17.6 Å². The van der Waals surface area contributed by atoms with Crippen molar-refractivity contribution in [1.82, 2.24) is 0 Å². The quantitative estimate of drug-likeness (QED) is 0.708. The summed E-state index contributed by atoms with van der Waals surface area (Å²) in [4.78, 5) is 12.3. The Morgan fingerprint density at radius 2 is 1.71 bits per heavy atom. The van der Waals surface area contributed by atoms with Gasteiger partial charge >= 0.3 is 0 Å². The van der Waals surface area contributed by atoms with Gasteiger partial charge < -0.3 is 0 Å². The second-order valence-electron chi connectivity index (χ2n) is 4.18. The van der Waals surface area contributed by atoms with Crippen LogP contribution in [0.3, 0.4) is 0 Å². The molecule has 3 rings (SSSR count). The maximum atomic E-state index is 12.3. The Bertz CT molecular complexity index is 583. The van der Waals surface area contributed by atoms with Gasteiger partial charge in [0, 0.05) is 11.1 Å². The molecule has 0 aromatic heterocycles. The molecule has 0 aliphatic heterocycles. The van der Waals surface area contributed by atoms with Crippen molar-refractivity contribution in [2.24, 2.45) is 0 Å². The van der Waals surface area contributed by atoms with Crippen LogP contribution in [0.4, 0.5) is 0 Å². The molecule has 82 valence electrons.